The van der Waals surface area contributed by atoms with Crippen molar-refractivity contribution < 1.29 is 23.4 Å². The van der Waals surface area contributed by atoms with Crippen LogP contribution >= 0.6 is 0 Å². The molecule has 0 aliphatic carbocycles. The van der Waals surface area contributed by atoms with Gasteiger partial charge in [-0.3, -0.25) is 0 Å². The zero-order chi connectivity index (χ0) is 14.7. The summed E-state index contributed by atoms with van der Waals surface area (Å²) in [6, 6.07) is 11.2. The van der Waals surface area contributed by atoms with Crippen LogP contribution in [-0.2, 0) is 21.9 Å². The Labute approximate surface area is 123 Å². The molecule has 1 aliphatic rings. The second kappa shape index (κ2) is 5.79. The monoisotopic (exact) mass is 290 g/mol. The quantitative estimate of drug-likeness (QED) is 0.847. The standard InChI is InChI=1S/C16H18O5/c1-16(19-9-10-20-16)15-8-7-12(21-15)11-18-14-6-4-3-5-13(14)17-2/h3-8H,9-11H2,1-2H3. The van der Waals surface area contributed by atoms with Crippen molar-refractivity contribution in [3.63, 3.8) is 0 Å². The van der Waals surface area contributed by atoms with Gasteiger partial charge in [0.15, 0.2) is 17.3 Å². The summed E-state index contributed by atoms with van der Waals surface area (Å²) in [5.41, 5.74) is 0. The Balaban J connectivity index is 1.67. The Morgan fingerprint density at radius 1 is 1.05 bits per heavy atom. The van der Waals surface area contributed by atoms with Crippen molar-refractivity contribution in [3.8, 4) is 11.5 Å². The van der Waals surface area contributed by atoms with E-state index >= 15 is 0 Å². The molecule has 2 heterocycles. The van der Waals surface area contributed by atoms with Crippen LogP contribution in [0.4, 0.5) is 0 Å². The maximum atomic E-state index is 5.75. The number of hydrogen-bond acceptors (Lipinski definition) is 5. The molecule has 0 spiro atoms. The Kier molecular flexibility index (Phi) is 3.86. The van der Waals surface area contributed by atoms with Crippen molar-refractivity contribution in [1.82, 2.24) is 0 Å². The maximum absolute atomic E-state index is 5.75. The molecule has 3 rings (SSSR count). The first-order valence-corrected chi connectivity index (χ1v) is 6.84. The second-order valence-electron chi connectivity index (χ2n) is 4.85. The highest BCUT2D eigenvalue weighted by Crippen LogP contribution is 2.32. The molecular formula is C16H18O5. The highest BCUT2D eigenvalue weighted by molar-refractivity contribution is 5.39. The number of methoxy groups -OCH3 is 1. The molecule has 0 amide bonds. The molecule has 0 bridgehead atoms. The van der Waals surface area contributed by atoms with E-state index in [1.807, 2.05) is 43.3 Å². The molecule has 0 atom stereocenters. The van der Waals surface area contributed by atoms with E-state index in [4.69, 9.17) is 23.4 Å². The van der Waals surface area contributed by atoms with Gasteiger partial charge < -0.3 is 23.4 Å². The van der Waals surface area contributed by atoms with Gasteiger partial charge in [0, 0.05) is 0 Å². The molecule has 0 saturated carbocycles. The summed E-state index contributed by atoms with van der Waals surface area (Å²) in [6.07, 6.45) is 0. The fourth-order valence-electron chi connectivity index (χ4n) is 2.24. The second-order valence-corrected chi connectivity index (χ2v) is 4.85. The smallest absolute Gasteiger partial charge is 0.225 e. The van der Waals surface area contributed by atoms with Gasteiger partial charge in [-0.2, -0.15) is 0 Å². The van der Waals surface area contributed by atoms with Gasteiger partial charge in [-0.15, -0.1) is 0 Å². The van der Waals surface area contributed by atoms with Gasteiger partial charge in [-0.25, -0.2) is 0 Å². The minimum Gasteiger partial charge on any atom is -0.493 e. The number of ether oxygens (including phenoxy) is 4. The number of hydrogen-bond donors (Lipinski definition) is 0. The first kappa shape index (κ1) is 14.0. The molecule has 1 saturated heterocycles. The number of furan rings is 1. The Morgan fingerprint density at radius 3 is 2.48 bits per heavy atom. The average Bonchev–Trinajstić information content (AvgIpc) is 3.15. The highest BCUT2D eigenvalue weighted by atomic mass is 16.7. The molecule has 0 unspecified atom stereocenters. The van der Waals surface area contributed by atoms with E-state index in [1.54, 1.807) is 7.11 Å². The molecule has 5 nitrogen and oxygen atoms in total. The van der Waals surface area contributed by atoms with Crippen molar-refractivity contribution in [3.05, 3.63) is 47.9 Å². The molecule has 0 radical (unpaired) electrons. The summed E-state index contributed by atoms with van der Waals surface area (Å²) in [4.78, 5) is 0. The van der Waals surface area contributed by atoms with Gasteiger partial charge in [0.1, 0.15) is 12.4 Å². The number of benzene rings is 1. The van der Waals surface area contributed by atoms with Gasteiger partial charge in [0.2, 0.25) is 5.79 Å². The van der Waals surface area contributed by atoms with Gasteiger partial charge >= 0.3 is 0 Å². The fraction of sp³-hybridized carbons (Fsp3) is 0.375. The third kappa shape index (κ3) is 2.89. The van der Waals surface area contributed by atoms with Crippen LogP contribution in [0.1, 0.15) is 18.4 Å². The summed E-state index contributed by atoms with van der Waals surface area (Å²) in [5.74, 6) is 1.94. The van der Waals surface area contributed by atoms with E-state index in [-0.39, 0.29) is 0 Å². The van der Waals surface area contributed by atoms with E-state index in [1.165, 1.54) is 0 Å². The largest absolute Gasteiger partial charge is 0.493 e. The van der Waals surface area contributed by atoms with Crippen LogP contribution < -0.4 is 9.47 Å². The fourth-order valence-corrected chi connectivity index (χ4v) is 2.24. The minimum atomic E-state index is -0.789. The highest BCUT2D eigenvalue weighted by Gasteiger charge is 2.36. The van der Waals surface area contributed by atoms with Crippen LogP contribution in [0.5, 0.6) is 11.5 Å². The molecule has 5 heteroatoms. The van der Waals surface area contributed by atoms with Crippen LogP contribution in [0.3, 0.4) is 0 Å². The zero-order valence-electron chi connectivity index (χ0n) is 12.1. The average molecular weight is 290 g/mol. The first-order chi connectivity index (χ1) is 10.2. The van der Waals surface area contributed by atoms with Gasteiger partial charge in [0.05, 0.1) is 20.3 Å². The van der Waals surface area contributed by atoms with Crippen LogP contribution in [0.25, 0.3) is 0 Å². The molecule has 1 fully saturated rings. The van der Waals surface area contributed by atoms with Gasteiger partial charge in [-0.05, 0) is 31.2 Å². The van der Waals surface area contributed by atoms with Crippen molar-refractivity contribution in [2.24, 2.45) is 0 Å². The number of para-hydroxylation sites is 2. The van der Waals surface area contributed by atoms with Crippen LogP contribution in [-0.4, -0.2) is 20.3 Å². The summed E-state index contributed by atoms with van der Waals surface area (Å²) in [7, 11) is 1.61. The molecule has 0 N–H and O–H groups in total. The first-order valence-electron chi connectivity index (χ1n) is 6.84. The van der Waals surface area contributed by atoms with Crippen molar-refractivity contribution in [1.29, 1.82) is 0 Å². The molecule has 2 aromatic rings. The molecule has 21 heavy (non-hydrogen) atoms. The van der Waals surface area contributed by atoms with Crippen LogP contribution in [0.2, 0.25) is 0 Å². The molecule has 1 aromatic carbocycles. The third-order valence-corrected chi connectivity index (χ3v) is 3.39. The van der Waals surface area contributed by atoms with Crippen molar-refractivity contribution in [2.75, 3.05) is 20.3 Å². The Bertz CT molecular complexity index is 598. The minimum absolute atomic E-state index is 0.316. The van der Waals surface area contributed by atoms with Gasteiger partial charge in [-0.1, -0.05) is 12.1 Å². The number of rotatable bonds is 5. The maximum Gasteiger partial charge on any atom is 0.225 e. The lowest BCUT2D eigenvalue weighted by Crippen LogP contribution is -2.21. The molecule has 1 aliphatic heterocycles. The SMILES string of the molecule is COc1ccccc1OCc1ccc(C2(C)OCCO2)o1. The predicted molar refractivity (Wildman–Crippen MR) is 75.3 cm³/mol. The molecule has 1 aromatic heterocycles. The predicted octanol–water partition coefficient (Wildman–Crippen LogP) is 3.09. The van der Waals surface area contributed by atoms with E-state index in [2.05, 4.69) is 0 Å². The Morgan fingerprint density at radius 2 is 1.76 bits per heavy atom. The summed E-state index contributed by atoms with van der Waals surface area (Å²) in [6.45, 7) is 3.31. The van der Waals surface area contributed by atoms with E-state index in [0.29, 0.717) is 42.8 Å². The lowest BCUT2D eigenvalue weighted by Gasteiger charge is -2.19. The van der Waals surface area contributed by atoms with E-state index < -0.39 is 5.79 Å². The van der Waals surface area contributed by atoms with E-state index in [9.17, 15) is 0 Å². The lowest BCUT2D eigenvalue weighted by atomic mass is 10.2. The van der Waals surface area contributed by atoms with Crippen LogP contribution in [0, 0.1) is 0 Å². The normalized spacial score (nSPS) is 16.9. The van der Waals surface area contributed by atoms with Crippen molar-refractivity contribution >= 4 is 0 Å². The summed E-state index contributed by atoms with van der Waals surface area (Å²) >= 11 is 0. The lowest BCUT2D eigenvalue weighted by molar-refractivity contribution is -0.163. The van der Waals surface area contributed by atoms with Crippen molar-refractivity contribution in [2.45, 2.75) is 19.3 Å². The topological polar surface area (TPSA) is 50.1 Å². The zero-order valence-corrected chi connectivity index (χ0v) is 12.1. The van der Waals surface area contributed by atoms with E-state index in [0.717, 1.165) is 0 Å². The van der Waals surface area contributed by atoms with Crippen LogP contribution in [0.15, 0.2) is 40.8 Å². The van der Waals surface area contributed by atoms with Gasteiger partial charge in [0.25, 0.3) is 0 Å². The Hall–Kier alpha value is -1.98. The third-order valence-electron chi connectivity index (χ3n) is 3.39. The summed E-state index contributed by atoms with van der Waals surface area (Å²) < 4.78 is 27.8. The molecular weight excluding hydrogens is 272 g/mol. The summed E-state index contributed by atoms with van der Waals surface area (Å²) in [5, 5.41) is 0. The molecule has 112 valence electrons.